The lowest BCUT2D eigenvalue weighted by atomic mass is 10.1. The standard InChI is InChI=1S/C21H20ClN3O/c1-14(2)26-18-5-3-15(4-6-18)16-8-10-25-19(13-24-21(25)12-16)17-7-9-23-20(22)11-17/h3-8,10-14,23H,9H2,1-2H3. The first-order valence-corrected chi connectivity index (χ1v) is 9.04. The number of hydrogen-bond donors (Lipinski definition) is 1. The van der Waals surface area contributed by atoms with Crippen LogP contribution in [0.2, 0.25) is 0 Å². The number of dihydropyridines is 1. The molecule has 1 aliphatic rings. The van der Waals surface area contributed by atoms with Crippen LogP contribution in [-0.4, -0.2) is 22.0 Å². The third-order valence-electron chi connectivity index (χ3n) is 4.24. The number of imidazole rings is 1. The van der Waals surface area contributed by atoms with Crippen LogP contribution in [0, 0.1) is 0 Å². The molecule has 1 N–H and O–H groups in total. The van der Waals surface area contributed by atoms with Crippen molar-refractivity contribution in [3.05, 3.63) is 71.8 Å². The highest BCUT2D eigenvalue weighted by molar-refractivity contribution is 6.30. The first-order valence-electron chi connectivity index (χ1n) is 8.66. The molecule has 0 atom stereocenters. The summed E-state index contributed by atoms with van der Waals surface area (Å²) in [5, 5.41) is 3.73. The van der Waals surface area contributed by atoms with Crippen molar-refractivity contribution in [3.8, 4) is 16.9 Å². The second-order valence-corrected chi connectivity index (χ2v) is 6.92. The quantitative estimate of drug-likeness (QED) is 0.671. The van der Waals surface area contributed by atoms with E-state index in [0.717, 1.165) is 40.3 Å². The van der Waals surface area contributed by atoms with Gasteiger partial charge in [0.25, 0.3) is 0 Å². The number of aromatic nitrogens is 2. The van der Waals surface area contributed by atoms with Gasteiger partial charge in [0.1, 0.15) is 16.6 Å². The third-order valence-corrected chi connectivity index (χ3v) is 4.49. The molecule has 3 heterocycles. The Morgan fingerprint density at radius 3 is 2.69 bits per heavy atom. The second-order valence-electron chi connectivity index (χ2n) is 6.51. The maximum absolute atomic E-state index is 6.10. The zero-order valence-corrected chi connectivity index (χ0v) is 15.5. The van der Waals surface area contributed by atoms with E-state index < -0.39 is 0 Å². The molecule has 0 spiro atoms. The van der Waals surface area contributed by atoms with Gasteiger partial charge in [-0.15, -0.1) is 0 Å². The number of allylic oxidation sites excluding steroid dienone is 2. The number of rotatable bonds is 4. The number of ether oxygens (including phenoxy) is 1. The molecule has 0 aliphatic carbocycles. The minimum atomic E-state index is 0.174. The lowest BCUT2D eigenvalue weighted by Gasteiger charge is -2.12. The van der Waals surface area contributed by atoms with Gasteiger partial charge in [0.2, 0.25) is 0 Å². The topological polar surface area (TPSA) is 38.6 Å². The summed E-state index contributed by atoms with van der Waals surface area (Å²) in [6.45, 7) is 4.77. The highest BCUT2D eigenvalue weighted by Gasteiger charge is 2.11. The van der Waals surface area contributed by atoms with Crippen molar-refractivity contribution in [2.45, 2.75) is 20.0 Å². The van der Waals surface area contributed by atoms with Gasteiger partial charge in [0.15, 0.2) is 0 Å². The van der Waals surface area contributed by atoms with Gasteiger partial charge in [-0.25, -0.2) is 4.98 Å². The summed E-state index contributed by atoms with van der Waals surface area (Å²) in [5.41, 5.74) is 5.27. The summed E-state index contributed by atoms with van der Waals surface area (Å²) >= 11 is 6.10. The Balaban J connectivity index is 1.66. The largest absolute Gasteiger partial charge is 0.491 e. The van der Waals surface area contributed by atoms with Crippen LogP contribution in [0.1, 0.15) is 19.5 Å². The SMILES string of the molecule is CC(C)Oc1ccc(-c2ccn3c(C4=CCNC(Cl)=C4)cnc3c2)cc1. The van der Waals surface area contributed by atoms with E-state index in [2.05, 4.69) is 51.2 Å². The Morgan fingerprint density at radius 2 is 1.96 bits per heavy atom. The first-order chi connectivity index (χ1) is 12.6. The Morgan fingerprint density at radius 1 is 1.15 bits per heavy atom. The molecule has 4 nitrogen and oxygen atoms in total. The van der Waals surface area contributed by atoms with E-state index in [0.29, 0.717) is 5.16 Å². The van der Waals surface area contributed by atoms with E-state index in [1.54, 1.807) is 0 Å². The minimum absolute atomic E-state index is 0.174. The van der Waals surface area contributed by atoms with E-state index in [1.165, 1.54) is 0 Å². The normalized spacial score (nSPS) is 14.2. The van der Waals surface area contributed by atoms with Crippen molar-refractivity contribution in [1.82, 2.24) is 14.7 Å². The molecule has 0 bridgehead atoms. The van der Waals surface area contributed by atoms with Crippen LogP contribution in [0.4, 0.5) is 0 Å². The number of fused-ring (bicyclic) bond motifs is 1. The van der Waals surface area contributed by atoms with Gasteiger partial charge in [-0.1, -0.05) is 29.8 Å². The number of benzene rings is 1. The highest BCUT2D eigenvalue weighted by atomic mass is 35.5. The molecule has 0 fully saturated rings. The van der Waals surface area contributed by atoms with Crippen molar-refractivity contribution in [2.24, 2.45) is 0 Å². The maximum atomic E-state index is 6.10. The van der Waals surface area contributed by atoms with Crippen LogP contribution in [0.5, 0.6) is 5.75 Å². The van der Waals surface area contributed by atoms with Gasteiger partial charge in [0.05, 0.1) is 18.0 Å². The van der Waals surface area contributed by atoms with Gasteiger partial charge < -0.3 is 10.1 Å². The van der Waals surface area contributed by atoms with Gasteiger partial charge in [-0.3, -0.25) is 4.40 Å². The van der Waals surface area contributed by atoms with E-state index in [1.807, 2.05) is 38.3 Å². The zero-order valence-electron chi connectivity index (χ0n) is 14.7. The van der Waals surface area contributed by atoms with Crippen molar-refractivity contribution in [2.75, 3.05) is 6.54 Å². The van der Waals surface area contributed by atoms with Gasteiger partial charge in [-0.2, -0.15) is 0 Å². The lowest BCUT2D eigenvalue weighted by Crippen LogP contribution is -2.13. The fourth-order valence-corrected chi connectivity index (χ4v) is 3.25. The summed E-state index contributed by atoms with van der Waals surface area (Å²) in [5.74, 6) is 0.884. The molecule has 0 saturated carbocycles. The summed E-state index contributed by atoms with van der Waals surface area (Å²) in [6, 6.07) is 12.3. The van der Waals surface area contributed by atoms with E-state index in [9.17, 15) is 0 Å². The number of halogens is 1. The van der Waals surface area contributed by atoms with Gasteiger partial charge >= 0.3 is 0 Å². The molecule has 0 amide bonds. The van der Waals surface area contributed by atoms with Crippen molar-refractivity contribution < 1.29 is 4.74 Å². The minimum Gasteiger partial charge on any atom is -0.491 e. The molecule has 0 radical (unpaired) electrons. The van der Waals surface area contributed by atoms with Crippen LogP contribution >= 0.6 is 11.6 Å². The molecule has 2 aromatic heterocycles. The first kappa shape index (κ1) is 16.7. The number of nitrogens with zero attached hydrogens (tertiary/aromatic N) is 2. The summed E-state index contributed by atoms with van der Waals surface area (Å²) in [7, 11) is 0. The monoisotopic (exact) mass is 365 g/mol. The van der Waals surface area contributed by atoms with Crippen LogP contribution in [-0.2, 0) is 0 Å². The third kappa shape index (κ3) is 3.33. The van der Waals surface area contributed by atoms with Crippen molar-refractivity contribution in [3.63, 3.8) is 0 Å². The molecule has 1 aliphatic heterocycles. The number of nitrogens with one attached hydrogen (secondary N) is 1. The molecule has 1 aromatic carbocycles. The Labute approximate surface area is 157 Å². The van der Waals surface area contributed by atoms with Crippen molar-refractivity contribution >= 4 is 22.8 Å². The van der Waals surface area contributed by atoms with E-state index in [-0.39, 0.29) is 6.10 Å². The average Bonchev–Trinajstić information content (AvgIpc) is 3.05. The highest BCUT2D eigenvalue weighted by Crippen LogP contribution is 2.27. The molecular weight excluding hydrogens is 346 g/mol. The summed E-state index contributed by atoms with van der Waals surface area (Å²) in [4.78, 5) is 4.57. The zero-order chi connectivity index (χ0) is 18.1. The second kappa shape index (κ2) is 6.89. The Bertz CT molecular complexity index is 1000. The van der Waals surface area contributed by atoms with Gasteiger partial charge in [-0.05, 0) is 55.3 Å². The molecule has 4 rings (SSSR count). The van der Waals surface area contributed by atoms with E-state index >= 15 is 0 Å². The molecule has 0 saturated heterocycles. The molecule has 132 valence electrons. The van der Waals surface area contributed by atoms with Crippen LogP contribution in [0.3, 0.4) is 0 Å². The Hall–Kier alpha value is -2.72. The Kier molecular flexibility index (Phi) is 4.43. The van der Waals surface area contributed by atoms with E-state index in [4.69, 9.17) is 16.3 Å². The predicted octanol–water partition coefficient (Wildman–Crippen LogP) is 4.86. The molecule has 3 aromatic rings. The van der Waals surface area contributed by atoms with Gasteiger partial charge in [0, 0.05) is 18.3 Å². The molecule has 26 heavy (non-hydrogen) atoms. The molecule has 0 unspecified atom stereocenters. The number of pyridine rings is 1. The molecular formula is C21H20ClN3O. The fourth-order valence-electron chi connectivity index (χ4n) is 3.06. The average molecular weight is 366 g/mol. The van der Waals surface area contributed by atoms with Crippen molar-refractivity contribution in [1.29, 1.82) is 0 Å². The molecule has 5 heteroatoms. The number of hydrogen-bond acceptors (Lipinski definition) is 3. The summed E-state index contributed by atoms with van der Waals surface area (Å²) in [6.07, 6.45) is 8.14. The smallest absolute Gasteiger partial charge is 0.137 e. The summed E-state index contributed by atoms with van der Waals surface area (Å²) < 4.78 is 7.79. The van der Waals surface area contributed by atoms with Crippen LogP contribution in [0.15, 0.2) is 66.1 Å². The van der Waals surface area contributed by atoms with Crippen LogP contribution in [0.25, 0.3) is 22.3 Å². The van der Waals surface area contributed by atoms with Crippen LogP contribution < -0.4 is 10.1 Å². The fraction of sp³-hybridized carbons (Fsp3) is 0.190. The maximum Gasteiger partial charge on any atom is 0.137 e. The lowest BCUT2D eigenvalue weighted by molar-refractivity contribution is 0.242. The predicted molar refractivity (Wildman–Crippen MR) is 106 cm³/mol.